The number of nitrogens with zero attached hydrogens (tertiary/aromatic N) is 2. The first-order valence-corrected chi connectivity index (χ1v) is 8.63. The van der Waals surface area contributed by atoms with Crippen LogP contribution in [-0.4, -0.2) is 44.2 Å². The van der Waals surface area contributed by atoms with E-state index < -0.39 is 0 Å². The van der Waals surface area contributed by atoms with E-state index >= 15 is 0 Å². The Kier molecular flexibility index (Phi) is 5.13. The van der Waals surface area contributed by atoms with Gasteiger partial charge >= 0.3 is 0 Å². The highest BCUT2D eigenvalue weighted by Gasteiger charge is 2.31. The second-order valence-corrected chi connectivity index (χ2v) is 6.64. The molecule has 126 valence electrons. The summed E-state index contributed by atoms with van der Waals surface area (Å²) in [4.78, 5) is 23.8. The average Bonchev–Trinajstić information content (AvgIpc) is 3.09. The first kappa shape index (κ1) is 16.2. The fourth-order valence-electron chi connectivity index (χ4n) is 3.55. The smallest absolute Gasteiger partial charge is 0.275 e. The van der Waals surface area contributed by atoms with Gasteiger partial charge in [-0.1, -0.05) is 32.6 Å². The first-order chi connectivity index (χ1) is 11.2. The van der Waals surface area contributed by atoms with Crippen LogP contribution in [0.25, 0.3) is 11.0 Å². The zero-order valence-corrected chi connectivity index (χ0v) is 13.7. The molecule has 2 aromatic heterocycles. The Morgan fingerprint density at radius 2 is 2.17 bits per heavy atom. The van der Waals surface area contributed by atoms with Crippen molar-refractivity contribution in [1.29, 1.82) is 0 Å². The van der Waals surface area contributed by atoms with E-state index in [1.165, 1.54) is 32.0 Å². The van der Waals surface area contributed by atoms with Crippen molar-refractivity contribution in [3.63, 3.8) is 0 Å². The molecule has 3 N–H and O–H groups in total. The van der Waals surface area contributed by atoms with Gasteiger partial charge in [0.1, 0.15) is 5.52 Å². The van der Waals surface area contributed by atoms with Gasteiger partial charge in [-0.15, -0.1) is 0 Å². The molecular weight excluding hydrogens is 292 g/mol. The van der Waals surface area contributed by atoms with Crippen molar-refractivity contribution in [3.05, 3.63) is 28.4 Å². The standard InChI is InChI=1S/C17H26N4O2/c1-2-3-4-5-6-12-8-21(10-14(12)22)9-13-7-18-16-15(13)19-11-20-17(16)23/h7,11-12,14,18,22H,2-6,8-10H2,1H3,(H,19,20,23)/t12-,14-/m1/s1. The predicted molar refractivity (Wildman–Crippen MR) is 90.2 cm³/mol. The number of nitrogens with one attached hydrogen (secondary N) is 2. The number of fused-ring (bicyclic) bond motifs is 1. The number of unbranched alkanes of at least 4 members (excludes halogenated alkanes) is 3. The van der Waals surface area contributed by atoms with Gasteiger partial charge in [-0.05, 0) is 12.3 Å². The van der Waals surface area contributed by atoms with Crippen LogP contribution in [-0.2, 0) is 6.54 Å². The number of β-amino-alcohol motifs (C(OH)–C–C–N with tert-alkyl or cyclic N) is 1. The maximum atomic E-state index is 11.7. The maximum absolute atomic E-state index is 11.7. The lowest BCUT2D eigenvalue weighted by molar-refractivity contribution is 0.136. The lowest BCUT2D eigenvalue weighted by Gasteiger charge is -2.15. The van der Waals surface area contributed by atoms with E-state index in [-0.39, 0.29) is 11.7 Å². The van der Waals surface area contributed by atoms with E-state index in [9.17, 15) is 9.90 Å². The third-order valence-corrected chi connectivity index (χ3v) is 4.85. The minimum atomic E-state index is -0.238. The molecule has 6 heteroatoms. The van der Waals surface area contributed by atoms with Crippen LogP contribution in [0.1, 0.15) is 44.6 Å². The minimum absolute atomic E-state index is 0.142. The van der Waals surface area contributed by atoms with Gasteiger partial charge < -0.3 is 15.1 Å². The van der Waals surface area contributed by atoms with Gasteiger partial charge in [-0.3, -0.25) is 9.69 Å². The van der Waals surface area contributed by atoms with Gasteiger partial charge in [-0.25, -0.2) is 4.98 Å². The Morgan fingerprint density at radius 1 is 1.30 bits per heavy atom. The van der Waals surface area contributed by atoms with Crippen LogP contribution in [0.2, 0.25) is 0 Å². The molecule has 3 rings (SSSR count). The molecule has 0 aromatic carbocycles. The zero-order valence-electron chi connectivity index (χ0n) is 13.7. The van der Waals surface area contributed by atoms with Gasteiger partial charge in [0.15, 0.2) is 0 Å². The van der Waals surface area contributed by atoms with Crippen LogP contribution in [0.4, 0.5) is 0 Å². The highest BCUT2D eigenvalue weighted by molar-refractivity contribution is 5.77. The quantitative estimate of drug-likeness (QED) is 0.682. The second-order valence-electron chi connectivity index (χ2n) is 6.64. The molecule has 1 fully saturated rings. The summed E-state index contributed by atoms with van der Waals surface area (Å²) < 4.78 is 0. The molecule has 3 heterocycles. The molecular formula is C17H26N4O2. The summed E-state index contributed by atoms with van der Waals surface area (Å²) >= 11 is 0. The topological polar surface area (TPSA) is 85.0 Å². The van der Waals surface area contributed by atoms with Crippen molar-refractivity contribution >= 4 is 11.0 Å². The molecule has 0 radical (unpaired) electrons. The monoisotopic (exact) mass is 318 g/mol. The Morgan fingerprint density at radius 3 is 3.00 bits per heavy atom. The summed E-state index contributed by atoms with van der Waals surface area (Å²) in [6.45, 7) is 4.56. The van der Waals surface area contributed by atoms with Gasteiger partial charge in [-0.2, -0.15) is 0 Å². The number of aromatic nitrogens is 3. The molecule has 0 unspecified atom stereocenters. The molecule has 0 aliphatic carbocycles. The van der Waals surface area contributed by atoms with Crippen molar-refractivity contribution < 1.29 is 5.11 Å². The number of aromatic amines is 2. The van der Waals surface area contributed by atoms with Gasteiger partial charge in [0.2, 0.25) is 0 Å². The summed E-state index contributed by atoms with van der Waals surface area (Å²) in [6, 6.07) is 0. The molecule has 1 aliphatic heterocycles. The minimum Gasteiger partial charge on any atom is -0.391 e. The summed E-state index contributed by atoms with van der Waals surface area (Å²) in [5, 5.41) is 10.3. The van der Waals surface area contributed by atoms with Crippen LogP contribution in [0, 0.1) is 5.92 Å². The van der Waals surface area contributed by atoms with Crippen LogP contribution in [0.5, 0.6) is 0 Å². The van der Waals surface area contributed by atoms with Crippen LogP contribution >= 0.6 is 0 Å². The summed E-state index contributed by atoms with van der Waals surface area (Å²) in [6.07, 6.45) is 9.14. The zero-order chi connectivity index (χ0) is 16.2. The number of hydrogen-bond donors (Lipinski definition) is 3. The lowest BCUT2D eigenvalue weighted by Crippen LogP contribution is -2.21. The SMILES string of the molecule is CCCCCC[C@@H]1CN(Cc2c[nH]c3c(=O)[nH]cnc23)C[C@H]1O. The molecule has 0 spiro atoms. The molecule has 23 heavy (non-hydrogen) atoms. The molecule has 1 aliphatic rings. The highest BCUT2D eigenvalue weighted by Crippen LogP contribution is 2.25. The fraction of sp³-hybridized carbons (Fsp3) is 0.647. The Balaban J connectivity index is 1.60. The largest absolute Gasteiger partial charge is 0.391 e. The number of hydrogen-bond acceptors (Lipinski definition) is 4. The van der Waals surface area contributed by atoms with E-state index in [0.717, 1.165) is 30.6 Å². The molecule has 6 nitrogen and oxygen atoms in total. The molecule has 0 saturated carbocycles. The Hall–Kier alpha value is -1.66. The van der Waals surface area contributed by atoms with Crippen molar-refractivity contribution in [1.82, 2.24) is 19.9 Å². The van der Waals surface area contributed by atoms with Crippen LogP contribution in [0.3, 0.4) is 0 Å². The predicted octanol–water partition coefficient (Wildman–Crippen LogP) is 2.01. The van der Waals surface area contributed by atoms with Crippen molar-refractivity contribution in [2.24, 2.45) is 5.92 Å². The third kappa shape index (κ3) is 3.64. The lowest BCUT2D eigenvalue weighted by atomic mass is 9.98. The molecule has 2 aromatic rings. The van der Waals surface area contributed by atoms with Gasteiger partial charge in [0.25, 0.3) is 5.56 Å². The van der Waals surface area contributed by atoms with Crippen molar-refractivity contribution in [2.75, 3.05) is 13.1 Å². The second kappa shape index (κ2) is 7.27. The van der Waals surface area contributed by atoms with E-state index in [0.29, 0.717) is 18.0 Å². The number of aliphatic hydroxyl groups is 1. The molecule has 0 amide bonds. The van der Waals surface area contributed by atoms with Crippen molar-refractivity contribution in [2.45, 2.75) is 51.7 Å². The van der Waals surface area contributed by atoms with Crippen LogP contribution < -0.4 is 5.56 Å². The third-order valence-electron chi connectivity index (χ3n) is 4.85. The Bertz CT molecular complexity index is 693. The molecule has 0 bridgehead atoms. The number of likely N-dealkylation sites (tertiary alicyclic amines) is 1. The highest BCUT2D eigenvalue weighted by atomic mass is 16.3. The van der Waals surface area contributed by atoms with E-state index in [2.05, 4.69) is 26.8 Å². The molecule has 1 saturated heterocycles. The Labute approximate surface area is 135 Å². The number of rotatable bonds is 7. The van der Waals surface area contributed by atoms with Gasteiger partial charge in [0, 0.05) is 31.4 Å². The normalized spacial score (nSPS) is 22.2. The fourth-order valence-corrected chi connectivity index (χ4v) is 3.55. The molecule has 2 atom stereocenters. The van der Waals surface area contributed by atoms with Crippen LogP contribution in [0.15, 0.2) is 17.3 Å². The number of H-pyrrole nitrogens is 2. The summed E-state index contributed by atoms with van der Waals surface area (Å²) in [5.41, 5.74) is 2.13. The summed E-state index contributed by atoms with van der Waals surface area (Å²) in [5.74, 6) is 0.369. The first-order valence-electron chi connectivity index (χ1n) is 8.63. The number of aliphatic hydroxyl groups excluding tert-OH is 1. The maximum Gasteiger partial charge on any atom is 0.275 e. The van der Waals surface area contributed by atoms with Crippen molar-refractivity contribution in [3.8, 4) is 0 Å². The van der Waals surface area contributed by atoms with E-state index in [4.69, 9.17) is 0 Å². The van der Waals surface area contributed by atoms with E-state index in [1.807, 2.05) is 6.20 Å². The van der Waals surface area contributed by atoms with E-state index in [1.54, 1.807) is 0 Å². The summed E-state index contributed by atoms with van der Waals surface area (Å²) in [7, 11) is 0. The average molecular weight is 318 g/mol. The van der Waals surface area contributed by atoms with Gasteiger partial charge in [0.05, 0.1) is 17.9 Å².